The summed E-state index contributed by atoms with van der Waals surface area (Å²) in [5.41, 5.74) is 0.605. The van der Waals surface area contributed by atoms with E-state index in [1.54, 1.807) is 6.92 Å². The lowest BCUT2D eigenvalue weighted by Crippen LogP contribution is -1.96. The van der Waals surface area contributed by atoms with E-state index in [4.69, 9.17) is 11.6 Å². The van der Waals surface area contributed by atoms with Crippen LogP contribution in [0.2, 0.25) is 5.02 Å². The van der Waals surface area contributed by atoms with Crippen LogP contribution in [0.25, 0.3) is 0 Å². The van der Waals surface area contributed by atoms with Crippen LogP contribution in [0.4, 0.5) is 0 Å². The second kappa shape index (κ2) is 3.92. The first-order chi connectivity index (χ1) is 6.47. The van der Waals surface area contributed by atoms with E-state index >= 15 is 0 Å². The summed E-state index contributed by atoms with van der Waals surface area (Å²) in [5.74, 6) is 0. The monoisotopic (exact) mass is 231 g/mol. The molecule has 0 N–H and O–H groups in total. The van der Waals surface area contributed by atoms with Crippen molar-refractivity contribution in [3.8, 4) is 0 Å². The molecule has 0 aliphatic heterocycles. The Hall–Kier alpha value is -1.16. The number of hydrogen-bond acceptors (Lipinski definition) is 3. The third-order valence-corrected chi connectivity index (χ3v) is 3.17. The van der Waals surface area contributed by atoms with E-state index in [1.165, 1.54) is 18.2 Å². The summed E-state index contributed by atoms with van der Waals surface area (Å²) in [7, 11) is -3.91. The second-order valence-electron chi connectivity index (χ2n) is 2.57. The van der Waals surface area contributed by atoms with Gasteiger partial charge in [0.25, 0.3) is 16.1 Å². The van der Waals surface area contributed by atoms with Gasteiger partial charge < -0.3 is 0 Å². The van der Waals surface area contributed by atoms with Crippen molar-refractivity contribution in [1.29, 1.82) is 0 Å². The smallest absolute Gasteiger partial charge is 0.210 e. The summed E-state index contributed by atoms with van der Waals surface area (Å²) >= 11 is 5.71. The van der Waals surface area contributed by atoms with Gasteiger partial charge in [-0.2, -0.15) is 8.42 Å². The summed E-state index contributed by atoms with van der Waals surface area (Å²) < 4.78 is 25.2. The summed E-state index contributed by atoms with van der Waals surface area (Å²) in [6.07, 6.45) is 0.995. The van der Waals surface area contributed by atoms with Gasteiger partial charge in [-0.3, -0.25) is 0 Å². The third-order valence-electron chi connectivity index (χ3n) is 1.58. The van der Waals surface area contributed by atoms with E-state index in [1.807, 2.05) is 0 Å². The van der Waals surface area contributed by atoms with Gasteiger partial charge in [0.2, 0.25) is 0 Å². The molecule has 74 valence electrons. The van der Waals surface area contributed by atoms with Crippen molar-refractivity contribution in [2.24, 2.45) is 4.40 Å². The molecular formula is C8H6ClNO3S. The molecule has 1 aromatic rings. The number of sulfonamides is 1. The molecule has 0 fully saturated rings. The van der Waals surface area contributed by atoms with Crippen LogP contribution in [-0.4, -0.2) is 14.5 Å². The van der Waals surface area contributed by atoms with Crippen molar-refractivity contribution in [3.05, 3.63) is 28.8 Å². The Morgan fingerprint density at radius 2 is 2.07 bits per heavy atom. The summed E-state index contributed by atoms with van der Waals surface area (Å²) in [6, 6.07) is 4.06. The highest BCUT2D eigenvalue weighted by molar-refractivity contribution is 7.90. The first kappa shape index (κ1) is 10.9. The molecule has 1 aromatic carbocycles. The number of nitrogens with zero attached hydrogens (tertiary/aromatic N) is 1. The zero-order chi connectivity index (χ0) is 10.8. The molecule has 4 nitrogen and oxygen atoms in total. The Kier molecular flexibility index (Phi) is 3.06. The molecule has 0 aliphatic carbocycles. The molecule has 0 aromatic heterocycles. The van der Waals surface area contributed by atoms with Gasteiger partial charge in [-0.15, -0.1) is 0 Å². The first-order valence-electron chi connectivity index (χ1n) is 3.57. The Morgan fingerprint density at radius 3 is 2.57 bits per heavy atom. The normalized spacial score (nSPS) is 10.7. The molecular weight excluding hydrogens is 226 g/mol. The van der Waals surface area contributed by atoms with Crippen molar-refractivity contribution in [1.82, 2.24) is 0 Å². The van der Waals surface area contributed by atoms with Crippen molar-refractivity contribution >= 4 is 27.7 Å². The molecule has 0 amide bonds. The number of isocyanates is 1. The van der Waals surface area contributed by atoms with Crippen LogP contribution >= 0.6 is 11.6 Å². The van der Waals surface area contributed by atoms with Gasteiger partial charge in [-0.1, -0.05) is 16.0 Å². The van der Waals surface area contributed by atoms with Crippen molar-refractivity contribution in [3.63, 3.8) is 0 Å². The van der Waals surface area contributed by atoms with E-state index in [9.17, 15) is 13.2 Å². The zero-order valence-electron chi connectivity index (χ0n) is 7.19. The Bertz CT molecular complexity index is 503. The highest BCUT2D eigenvalue weighted by atomic mass is 35.5. The molecule has 0 unspecified atom stereocenters. The van der Waals surface area contributed by atoms with Crippen LogP contribution in [-0.2, 0) is 14.8 Å². The molecule has 0 heterocycles. The third kappa shape index (κ3) is 2.20. The van der Waals surface area contributed by atoms with E-state index in [0.717, 1.165) is 6.08 Å². The number of aryl methyl sites for hydroxylation is 1. The van der Waals surface area contributed by atoms with Gasteiger partial charge in [0.15, 0.2) is 0 Å². The lowest BCUT2D eigenvalue weighted by atomic mass is 10.2. The first-order valence-corrected chi connectivity index (χ1v) is 5.39. The van der Waals surface area contributed by atoms with E-state index < -0.39 is 10.0 Å². The van der Waals surface area contributed by atoms with Crippen LogP contribution in [0.3, 0.4) is 0 Å². The maximum absolute atomic E-state index is 11.2. The fourth-order valence-corrected chi connectivity index (χ4v) is 1.77. The maximum atomic E-state index is 11.2. The summed E-state index contributed by atoms with van der Waals surface area (Å²) in [6.45, 7) is 1.66. The molecule has 0 spiro atoms. The van der Waals surface area contributed by atoms with Gasteiger partial charge in [0, 0.05) is 5.02 Å². The number of carbonyl (C=O) groups excluding carboxylic acids is 1. The van der Waals surface area contributed by atoms with E-state index in [2.05, 4.69) is 4.40 Å². The Labute approximate surface area is 86.3 Å². The van der Waals surface area contributed by atoms with Gasteiger partial charge in [-0.25, -0.2) is 4.79 Å². The van der Waals surface area contributed by atoms with Gasteiger partial charge >= 0.3 is 0 Å². The molecule has 1 rings (SSSR count). The minimum absolute atomic E-state index is 0.0669. The maximum Gasteiger partial charge on any atom is 0.292 e. The van der Waals surface area contributed by atoms with Crippen molar-refractivity contribution in [2.45, 2.75) is 11.8 Å². The molecule has 0 saturated carbocycles. The van der Waals surface area contributed by atoms with Crippen LogP contribution < -0.4 is 0 Å². The minimum Gasteiger partial charge on any atom is -0.210 e. The average molecular weight is 232 g/mol. The topological polar surface area (TPSA) is 63.6 Å². The van der Waals surface area contributed by atoms with Crippen LogP contribution in [0, 0.1) is 6.92 Å². The lowest BCUT2D eigenvalue weighted by Gasteiger charge is -2.00. The van der Waals surface area contributed by atoms with Gasteiger partial charge in [0.05, 0.1) is 4.90 Å². The molecule has 0 bridgehead atoms. The number of benzene rings is 1. The Balaban J connectivity index is 3.35. The van der Waals surface area contributed by atoms with E-state index in [0.29, 0.717) is 10.6 Å². The largest absolute Gasteiger partial charge is 0.292 e. The fraction of sp³-hybridized carbons (Fsp3) is 0.125. The molecule has 14 heavy (non-hydrogen) atoms. The zero-order valence-corrected chi connectivity index (χ0v) is 8.76. The van der Waals surface area contributed by atoms with Crippen molar-refractivity contribution < 1.29 is 13.2 Å². The lowest BCUT2D eigenvalue weighted by molar-refractivity contribution is 0.563. The standard InChI is InChI=1S/C8H6ClNO3S/c1-6-4-7(2-3-8(6)9)14(12,13)10-5-11/h2-4H,1H3. The van der Waals surface area contributed by atoms with E-state index in [-0.39, 0.29) is 4.90 Å². The summed E-state index contributed by atoms with van der Waals surface area (Å²) in [5, 5.41) is 0.457. The average Bonchev–Trinajstić information content (AvgIpc) is 2.09. The quantitative estimate of drug-likeness (QED) is 0.575. The van der Waals surface area contributed by atoms with Gasteiger partial charge in [0.1, 0.15) is 0 Å². The Morgan fingerprint density at radius 1 is 1.43 bits per heavy atom. The SMILES string of the molecule is Cc1cc(S(=O)(=O)N=C=O)ccc1Cl. The highest BCUT2D eigenvalue weighted by Gasteiger charge is 2.12. The number of halogens is 1. The van der Waals surface area contributed by atoms with Gasteiger partial charge in [-0.05, 0) is 30.7 Å². The minimum atomic E-state index is -3.91. The molecule has 6 heteroatoms. The molecule has 0 radical (unpaired) electrons. The molecule has 0 aliphatic rings. The highest BCUT2D eigenvalue weighted by Crippen LogP contribution is 2.20. The number of rotatable bonds is 2. The molecule has 0 atom stereocenters. The van der Waals surface area contributed by atoms with Crippen molar-refractivity contribution in [2.75, 3.05) is 0 Å². The van der Waals surface area contributed by atoms with Crippen LogP contribution in [0.5, 0.6) is 0 Å². The predicted molar refractivity (Wildman–Crippen MR) is 51.5 cm³/mol. The van der Waals surface area contributed by atoms with Crippen LogP contribution in [0.15, 0.2) is 27.5 Å². The van der Waals surface area contributed by atoms with Crippen LogP contribution in [0.1, 0.15) is 5.56 Å². The predicted octanol–water partition coefficient (Wildman–Crippen LogP) is 1.67. The molecule has 0 saturated heterocycles. The number of hydrogen-bond donors (Lipinski definition) is 0. The fourth-order valence-electron chi connectivity index (χ4n) is 0.879. The second-order valence-corrected chi connectivity index (χ2v) is 4.58. The summed E-state index contributed by atoms with van der Waals surface area (Å²) in [4.78, 5) is 9.78.